The van der Waals surface area contributed by atoms with Crippen LogP contribution >= 0.6 is 0 Å². The zero-order chi connectivity index (χ0) is 25.0. The minimum absolute atomic E-state index is 0.0291. The second kappa shape index (κ2) is 10.3. The van der Waals surface area contributed by atoms with E-state index in [-0.39, 0.29) is 12.7 Å². The van der Waals surface area contributed by atoms with E-state index in [4.69, 9.17) is 14.6 Å². The van der Waals surface area contributed by atoms with Gasteiger partial charge in [0.2, 0.25) is 12.7 Å². The molecule has 0 spiro atoms. The number of fused-ring (bicyclic) bond motifs is 1. The van der Waals surface area contributed by atoms with Crippen molar-refractivity contribution in [1.82, 2.24) is 0 Å². The van der Waals surface area contributed by atoms with E-state index in [1.165, 1.54) is 6.08 Å². The summed E-state index contributed by atoms with van der Waals surface area (Å²) < 4.78 is 10.9. The molecule has 2 N–H and O–H groups in total. The Morgan fingerprint density at radius 3 is 2.42 bits per heavy atom. The molecule has 184 valence electrons. The number of carboxylic acids is 1. The average Bonchev–Trinajstić information content (AvgIpc) is 3.37. The highest BCUT2D eigenvalue weighted by atomic mass is 16.7. The highest BCUT2D eigenvalue weighted by Crippen LogP contribution is 2.41. The number of amides is 1. The van der Waals surface area contributed by atoms with Crippen LogP contribution in [0.2, 0.25) is 0 Å². The minimum atomic E-state index is -1.00. The zero-order valence-corrected chi connectivity index (χ0v) is 20.0. The third kappa shape index (κ3) is 5.28. The maximum Gasteiger partial charge on any atom is 0.328 e. The number of aliphatic carboxylic acids is 1. The molecule has 1 aliphatic heterocycles. The van der Waals surface area contributed by atoms with Crippen molar-refractivity contribution in [3.8, 4) is 22.6 Å². The molecule has 5 rings (SSSR count). The molecule has 0 bridgehead atoms. The number of anilines is 1. The normalized spacial score (nSPS) is 16.1. The fourth-order valence-electron chi connectivity index (χ4n) is 5.15. The number of benzene rings is 3. The molecule has 1 aliphatic carbocycles. The third-order valence-electron chi connectivity index (χ3n) is 7.06. The average molecular weight is 484 g/mol. The molecule has 6 nitrogen and oxygen atoms in total. The summed E-state index contributed by atoms with van der Waals surface area (Å²) >= 11 is 0. The van der Waals surface area contributed by atoms with Crippen molar-refractivity contribution in [1.29, 1.82) is 0 Å². The van der Waals surface area contributed by atoms with E-state index in [1.54, 1.807) is 6.07 Å². The number of carboxylic acid groups (broad SMARTS) is 1. The van der Waals surface area contributed by atoms with E-state index in [9.17, 15) is 9.59 Å². The fourth-order valence-corrected chi connectivity index (χ4v) is 5.15. The fraction of sp³-hybridized carbons (Fsp3) is 0.267. The highest BCUT2D eigenvalue weighted by molar-refractivity contribution is 5.96. The van der Waals surface area contributed by atoms with E-state index in [0.29, 0.717) is 12.1 Å². The lowest BCUT2D eigenvalue weighted by Crippen LogP contribution is -2.40. The lowest BCUT2D eigenvalue weighted by molar-refractivity contribution is -0.131. The van der Waals surface area contributed by atoms with E-state index in [2.05, 4.69) is 29.6 Å². The Morgan fingerprint density at radius 1 is 0.889 bits per heavy atom. The summed E-state index contributed by atoms with van der Waals surface area (Å²) in [6.07, 6.45) is 8.20. The van der Waals surface area contributed by atoms with Crippen molar-refractivity contribution in [3.05, 3.63) is 83.9 Å². The molecular weight excluding hydrogens is 454 g/mol. The lowest BCUT2D eigenvalue weighted by Gasteiger charge is -2.36. The van der Waals surface area contributed by atoms with Gasteiger partial charge in [0, 0.05) is 11.8 Å². The van der Waals surface area contributed by atoms with Crippen LogP contribution in [-0.2, 0) is 16.0 Å². The number of hydrogen-bond acceptors (Lipinski definition) is 4. The van der Waals surface area contributed by atoms with Gasteiger partial charge in [-0.3, -0.25) is 4.79 Å². The summed E-state index contributed by atoms with van der Waals surface area (Å²) in [4.78, 5) is 24.5. The molecule has 0 aromatic heterocycles. The Hall–Kier alpha value is -4.06. The van der Waals surface area contributed by atoms with Crippen LogP contribution in [0.15, 0.2) is 72.8 Å². The number of carbonyl (C=O) groups excluding carboxylic acids is 1. The van der Waals surface area contributed by atoms with Crippen LogP contribution < -0.4 is 14.8 Å². The van der Waals surface area contributed by atoms with Crippen molar-refractivity contribution >= 4 is 23.6 Å². The van der Waals surface area contributed by atoms with Gasteiger partial charge in [0.1, 0.15) is 0 Å². The Morgan fingerprint density at radius 2 is 1.64 bits per heavy atom. The molecule has 0 radical (unpaired) electrons. The van der Waals surface area contributed by atoms with Crippen LogP contribution in [0.25, 0.3) is 17.2 Å². The van der Waals surface area contributed by atoms with Crippen molar-refractivity contribution < 1.29 is 24.2 Å². The first kappa shape index (κ1) is 23.7. The van der Waals surface area contributed by atoms with Crippen LogP contribution in [0.5, 0.6) is 11.5 Å². The van der Waals surface area contributed by atoms with Gasteiger partial charge in [0.05, 0.1) is 5.41 Å². The topological polar surface area (TPSA) is 84.9 Å². The Labute approximate surface area is 210 Å². The molecule has 3 aromatic rings. The van der Waals surface area contributed by atoms with Crippen LogP contribution in [0.4, 0.5) is 5.69 Å². The largest absolute Gasteiger partial charge is 0.478 e. The highest BCUT2D eigenvalue weighted by Gasteiger charge is 2.39. The first-order valence-electron chi connectivity index (χ1n) is 12.3. The van der Waals surface area contributed by atoms with Crippen molar-refractivity contribution in [2.45, 2.75) is 38.5 Å². The van der Waals surface area contributed by atoms with Gasteiger partial charge in [-0.15, -0.1) is 0 Å². The summed E-state index contributed by atoms with van der Waals surface area (Å²) in [7, 11) is 0. The Bertz CT molecular complexity index is 1290. The first-order valence-corrected chi connectivity index (χ1v) is 12.3. The maximum atomic E-state index is 13.6. The van der Waals surface area contributed by atoms with Gasteiger partial charge in [-0.2, -0.15) is 0 Å². The smallest absolute Gasteiger partial charge is 0.328 e. The van der Waals surface area contributed by atoms with Crippen LogP contribution in [0, 0.1) is 5.41 Å². The predicted octanol–water partition coefficient (Wildman–Crippen LogP) is 6.31. The molecule has 1 amide bonds. The first-order chi connectivity index (χ1) is 17.5. The van der Waals surface area contributed by atoms with E-state index in [0.717, 1.165) is 71.9 Å². The maximum absolute atomic E-state index is 13.6. The SMILES string of the molecule is O=C(O)/C=C/c1cccc(NC(=O)C2(Cc3ccc(-c4ccc5c(c4)OCO5)cc3)CCCCC2)c1. The van der Waals surface area contributed by atoms with Gasteiger partial charge >= 0.3 is 5.97 Å². The van der Waals surface area contributed by atoms with Crippen LogP contribution in [0.3, 0.4) is 0 Å². The summed E-state index contributed by atoms with van der Waals surface area (Å²) in [6.45, 7) is 0.255. The van der Waals surface area contributed by atoms with Gasteiger partial charge in [0.15, 0.2) is 11.5 Å². The van der Waals surface area contributed by atoms with Gasteiger partial charge in [-0.1, -0.05) is 61.7 Å². The second-order valence-corrected chi connectivity index (χ2v) is 9.53. The molecule has 6 heteroatoms. The Kier molecular flexibility index (Phi) is 6.76. The zero-order valence-electron chi connectivity index (χ0n) is 20.0. The van der Waals surface area contributed by atoms with Crippen LogP contribution in [-0.4, -0.2) is 23.8 Å². The third-order valence-corrected chi connectivity index (χ3v) is 7.06. The molecule has 0 atom stereocenters. The van der Waals surface area contributed by atoms with Crippen molar-refractivity contribution in [2.24, 2.45) is 5.41 Å². The molecule has 1 heterocycles. The number of hydrogen-bond donors (Lipinski definition) is 2. The molecule has 3 aromatic carbocycles. The molecule has 0 unspecified atom stereocenters. The number of rotatable bonds is 7. The minimum Gasteiger partial charge on any atom is -0.478 e. The van der Waals surface area contributed by atoms with Crippen LogP contribution in [0.1, 0.15) is 43.2 Å². The summed E-state index contributed by atoms with van der Waals surface area (Å²) in [5.74, 6) is 0.553. The molecular formula is C30H29NO5. The summed E-state index contributed by atoms with van der Waals surface area (Å²) in [6, 6.07) is 21.6. The molecule has 1 saturated carbocycles. The number of ether oxygens (including phenoxy) is 2. The van der Waals surface area contributed by atoms with Gasteiger partial charge < -0.3 is 19.9 Å². The predicted molar refractivity (Wildman–Crippen MR) is 139 cm³/mol. The molecule has 2 aliphatic rings. The molecule has 0 saturated heterocycles. The quantitative estimate of drug-likeness (QED) is 0.385. The monoisotopic (exact) mass is 483 g/mol. The van der Waals surface area contributed by atoms with Gasteiger partial charge in [-0.25, -0.2) is 4.79 Å². The summed E-state index contributed by atoms with van der Waals surface area (Å²) in [5, 5.41) is 12.0. The summed E-state index contributed by atoms with van der Waals surface area (Å²) in [5.41, 5.74) is 4.22. The van der Waals surface area contributed by atoms with E-state index < -0.39 is 11.4 Å². The number of nitrogens with one attached hydrogen (secondary N) is 1. The molecule has 1 fully saturated rings. The standard InChI is InChI=1S/C30H29NO5/c32-28(33)14-9-21-5-4-6-25(17-21)31-29(34)30(15-2-1-3-16-30)19-22-7-10-23(11-8-22)24-12-13-26-27(18-24)36-20-35-26/h4-14,17-18H,1-3,15-16,19-20H2,(H,31,34)(H,32,33)/b14-9+. The Balaban J connectivity index is 1.33. The van der Waals surface area contributed by atoms with E-state index >= 15 is 0 Å². The van der Waals surface area contributed by atoms with Gasteiger partial charge in [-0.05, 0) is 71.9 Å². The van der Waals surface area contributed by atoms with E-state index in [1.807, 2.05) is 36.4 Å². The second-order valence-electron chi connectivity index (χ2n) is 9.53. The van der Waals surface area contributed by atoms with Crippen molar-refractivity contribution in [3.63, 3.8) is 0 Å². The van der Waals surface area contributed by atoms with Gasteiger partial charge in [0.25, 0.3) is 0 Å². The lowest BCUT2D eigenvalue weighted by atomic mass is 9.69. The molecule has 36 heavy (non-hydrogen) atoms. The number of carbonyl (C=O) groups is 2. The van der Waals surface area contributed by atoms with Crippen molar-refractivity contribution in [2.75, 3.05) is 12.1 Å².